The van der Waals surface area contributed by atoms with Crippen LogP contribution in [0.4, 0.5) is 0 Å². The van der Waals surface area contributed by atoms with Crippen molar-refractivity contribution < 1.29 is 5.11 Å². The van der Waals surface area contributed by atoms with E-state index in [1.54, 1.807) is 0 Å². The molecule has 2 rings (SSSR count). The van der Waals surface area contributed by atoms with Gasteiger partial charge in [0.25, 0.3) is 0 Å². The van der Waals surface area contributed by atoms with Crippen LogP contribution in [0.25, 0.3) is 0 Å². The standard InChI is InChI=1S/C15H21N3O/c16-10-13-3-5-14(6-4-13)11-18(8-9-19)12-15-2-1-7-17-15/h3-6,15,17,19H,1-2,7-9,11-12H2. The summed E-state index contributed by atoms with van der Waals surface area (Å²) in [6.45, 7) is 3.78. The molecule has 1 unspecified atom stereocenters. The predicted octanol–water partition coefficient (Wildman–Crippen LogP) is 1.10. The fourth-order valence-corrected chi connectivity index (χ4v) is 2.54. The second-order valence-corrected chi connectivity index (χ2v) is 5.06. The topological polar surface area (TPSA) is 59.3 Å². The first kappa shape index (κ1) is 14.0. The molecule has 0 radical (unpaired) electrons. The Morgan fingerprint density at radius 3 is 2.74 bits per heavy atom. The molecule has 1 saturated heterocycles. The third-order valence-corrected chi connectivity index (χ3v) is 3.55. The second kappa shape index (κ2) is 7.25. The van der Waals surface area contributed by atoms with Crippen molar-refractivity contribution in [3.63, 3.8) is 0 Å². The minimum absolute atomic E-state index is 0.184. The molecular formula is C15H21N3O. The van der Waals surface area contributed by atoms with Crippen molar-refractivity contribution in [2.24, 2.45) is 0 Å². The van der Waals surface area contributed by atoms with Crippen LogP contribution >= 0.6 is 0 Å². The molecule has 4 heteroatoms. The van der Waals surface area contributed by atoms with E-state index >= 15 is 0 Å². The summed E-state index contributed by atoms with van der Waals surface area (Å²) < 4.78 is 0. The van der Waals surface area contributed by atoms with E-state index in [9.17, 15) is 0 Å². The van der Waals surface area contributed by atoms with Crippen molar-refractivity contribution >= 4 is 0 Å². The molecule has 1 aliphatic rings. The molecule has 0 aliphatic carbocycles. The van der Waals surface area contributed by atoms with Gasteiger partial charge in [-0.3, -0.25) is 4.90 Å². The molecule has 1 aromatic carbocycles. The molecule has 2 N–H and O–H groups in total. The van der Waals surface area contributed by atoms with Crippen LogP contribution in [0.15, 0.2) is 24.3 Å². The zero-order valence-electron chi connectivity index (χ0n) is 11.2. The van der Waals surface area contributed by atoms with Crippen LogP contribution in [-0.2, 0) is 6.54 Å². The number of hydrogen-bond acceptors (Lipinski definition) is 4. The maximum absolute atomic E-state index is 9.17. The maximum atomic E-state index is 9.17. The molecule has 0 aromatic heterocycles. The van der Waals surface area contributed by atoms with Gasteiger partial charge in [0.1, 0.15) is 0 Å². The van der Waals surface area contributed by atoms with Crippen LogP contribution in [0.3, 0.4) is 0 Å². The summed E-state index contributed by atoms with van der Waals surface area (Å²) in [4.78, 5) is 2.27. The first-order chi connectivity index (χ1) is 9.31. The average Bonchev–Trinajstić information content (AvgIpc) is 2.93. The van der Waals surface area contributed by atoms with Crippen LogP contribution in [0.5, 0.6) is 0 Å². The Kier molecular flexibility index (Phi) is 5.34. The Labute approximate surface area is 114 Å². The minimum Gasteiger partial charge on any atom is -0.395 e. The van der Waals surface area contributed by atoms with E-state index in [-0.39, 0.29) is 6.61 Å². The summed E-state index contributed by atoms with van der Waals surface area (Å²) in [6, 6.07) is 10.4. The van der Waals surface area contributed by atoms with Crippen molar-refractivity contribution in [3.05, 3.63) is 35.4 Å². The van der Waals surface area contributed by atoms with Gasteiger partial charge in [0.15, 0.2) is 0 Å². The van der Waals surface area contributed by atoms with Crippen molar-refractivity contribution in [1.29, 1.82) is 5.26 Å². The highest BCUT2D eigenvalue weighted by Gasteiger charge is 2.17. The van der Waals surface area contributed by atoms with Crippen LogP contribution in [-0.4, -0.2) is 42.3 Å². The Balaban J connectivity index is 1.92. The third kappa shape index (κ3) is 4.32. The number of nitrogens with one attached hydrogen (secondary N) is 1. The fraction of sp³-hybridized carbons (Fsp3) is 0.533. The van der Waals surface area contributed by atoms with Gasteiger partial charge in [-0.2, -0.15) is 5.26 Å². The molecule has 19 heavy (non-hydrogen) atoms. The predicted molar refractivity (Wildman–Crippen MR) is 74.5 cm³/mol. The van der Waals surface area contributed by atoms with Gasteiger partial charge < -0.3 is 10.4 Å². The number of benzene rings is 1. The van der Waals surface area contributed by atoms with Gasteiger partial charge in [0.2, 0.25) is 0 Å². The summed E-state index contributed by atoms with van der Waals surface area (Å²) in [5.41, 5.74) is 1.88. The SMILES string of the molecule is N#Cc1ccc(CN(CCO)CC2CCCN2)cc1. The number of rotatable bonds is 6. The smallest absolute Gasteiger partial charge is 0.0991 e. The van der Waals surface area contributed by atoms with Crippen molar-refractivity contribution in [1.82, 2.24) is 10.2 Å². The largest absolute Gasteiger partial charge is 0.395 e. The summed E-state index contributed by atoms with van der Waals surface area (Å²) in [7, 11) is 0. The summed E-state index contributed by atoms with van der Waals surface area (Å²) >= 11 is 0. The van der Waals surface area contributed by atoms with Gasteiger partial charge in [-0.25, -0.2) is 0 Å². The number of nitriles is 1. The van der Waals surface area contributed by atoms with E-state index in [4.69, 9.17) is 10.4 Å². The Hall–Kier alpha value is -1.41. The molecule has 1 fully saturated rings. The van der Waals surface area contributed by atoms with E-state index in [2.05, 4.69) is 16.3 Å². The molecular weight excluding hydrogens is 238 g/mol. The zero-order valence-corrected chi connectivity index (χ0v) is 11.2. The molecule has 1 aromatic rings. The van der Waals surface area contributed by atoms with Gasteiger partial charge >= 0.3 is 0 Å². The lowest BCUT2D eigenvalue weighted by Gasteiger charge is -2.25. The third-order valence-electron chi connectivity index (χ3n) is 3.55. The van der Waals surface area contributed by atoms with Crippen LogP contribution in [0.1, 0.15) is 24.0 Å². The molecule has 102 valence electrons. The van der Waals surface area contributed by atoms with E-state index < -0.39 is 0 Å². The van der Waals surface area contributed by atoms with Crippen LogP contribution < -0.4 is 5.32 Å². The highest BCUT2D eigenvalue weighted by atomic mass is 16.3. The van der Waals surface area contributed by atoms with E-state index in [0.29, 0.717) is 18.2 Å². The number of aliphatic hydroxyl groups is 1. The van der Waals surface area contributed by atoms with Crippen LogP contribution in [0, 0.1) is 11.3 Å². The molecule has 0 bridgehead atoms. The maximum Gasteiger partial charge on any atom is 0.0991 e. The van der Waals surface area contributed by atoms with Crippen molar-refractivity contribution in [3.8, 4) is 6.07 Å². The molecule has 1 aliphatic heterocycles. The Morgan fingerprint density at radius 2 is 2.16 bits per heavy atom. The second-order valence-electron chi connectivity index (χ2n) is 5.06. The van der Waals surface area contributed by atoms with Gasteiger partial charge in [0.05, 0.1) is 18.2 Å². The lowest BCUT2D eigenvalue weighted by molar-refractivity contribution is 0.179. The first-order valence-corrected chi connectivity index (χ1v) is 6.87. The van der Waals surface area contributed by atoms with Gasteiger partial charge in [0, 0.05) is 25.7 Å². The fourth-order valence-electron chi connectivity index (χ4n) is 2.54. The zero-order chi connectivity index (χ0) is 13.5. The summed E-state index contributed by atoms with van der Waals surface area (Å²) in [5, 5.41) is 21.4. The first-order valence-electron chi connectivity index (χ1n) is 6.87. The molecule has 0 spiro atoms. The Bertz CT molecular complexity index is 418. The molecule has 0 amide bonds. The van der Waals surface area contributed by atoms with Crippen molar-refractivity contribution in [2.75, 3.05) is 26.2 Å². The highest BCUT2D eigenvalue weighted by molar-refractivity contribution is 5.31. The quantitative estimate of drug-likeness (QED) is 0.803. The number of nitrogens with zero attached hydrogens (tertiary/aromatic N) is 2. The molecule has 1 heterocycles. The van der Waals surface area contributed by atoms with Gasteiger partial charge in [-0.15, -0.1) is 0 Å². The monoisotopic (exact) mass is 259 g/mol. The van der Waals surface area contributed by atoms with Crippen molar-refractivity contribution in [2.45, 2.75) is 25.4 Å². The summed E-state index contributed by atoms with van der Waals surface area (Å²) in [6.07, 6.45) is 2.46. The van der Waals surface area contributed by atoms with E-state index in [0.717, 1.165) is 19.6 Å². The van der Waals surface area contributed by atoms with Crippen LogP contribution in [0.2, 0.25) is 0 Å². The average molecular weight is 259 g/mol. The summed E-state index contributed by atoms with van der Waals surface area (Å²) in [5.74, 6) is 0. The van der Waals surface area contributed by atoms with E-state index in [1.807, 2.05) is 24.3 Å². The number of hydrogen-bond donors (Lipinski definition) is 2. The lowest BCUT2D eigenvalue weighted by Crippen LogP contribution is -2.38. The van der Waals surface area contributed by atoms with Gasteiger partial charge in [-0.1, -0.05) is 12.1 Å². The minimum atomic E-state index is 0.184. The Morgan fingerprint density at radius 1 is 1.37 bits per heavy atom. The van der Waals surface area contributed by atoms with Gasteiger partial charge in [-0.05, 0) is 37.1 Å². The molecule has 1 atom stereocenters. The highest BCUT2D eigenvalue weighted by Crippen LogP contribution is 2.11. The number of aliphatic hydroxyl groups excluding tert-OH is 1. The van der Waals surface area contributed by atoms with E-state index in [1.165, 1.54) is 18.4 Å². The normalized spacial score (nSPS) is 18.7. The molecule has 0 saturated carbocycles. The molecule has 4 nitrogen and oxygen atoms in total. The lowest BCUT2D eigenvalue weighted by atomic mass is 10.1.